The maximum Gasteiger partial charge on any atom is 0.302 e. The van der Waals surface area contributed by atoms with Gasteiger partial charge in [0.05, 0.1) is 12.7 Å². The van der Waals surface area contributed by atoms with E-state index in [0.29, 0.717) is 46.5 Å². The van der Waals surface area contributed by atoms with Crippen molar-refractivity contribution in [2.45, 2.75) is 117 Å². The van der Waals surface area contributed by atoms with E-state index in [1.807, 2.05) is 0 Å². The molecule has 0 radical (unpaired) electrons. The average Bonchev–Trinajstić information content (AvgIpc) is 3.37. The smallest absolute Gasteiger partial charge is 0.302 e. The molecule has 4 saturated carbocycles. The first-order chi connectivity index (χ1) is 19.1. The van der Waals surface area contributed by atoms with Gasteiger partial charge in [0.25, 0.3) is 0 Å². The van der Waals surface area contributed by atoms with Gasteiger partial charge in [0.2, 0.25) is 0 Å². The number of ether oxygens (including phenoxy) is 3. The Kier molecular flexibility index (Phi) is 6.74. The molecule has 0 amide bonds. The Labute approximate surface area is 242 Å². The lowest BCUT2D eigenvalue weighted by molar-refractivity contribution is -0.301. The zero-order chi connectivity index (χ0) is 27.9. The summed E-state index contributed by atoms with van der Waals surface area (Å²) >= 11 is 0. The molecule has 40 heavy (non-hydrogen) atoms. The summed E-state index contributed by atoms with van der Waals surface area (Å²) in [5.41, 5.74) is 2.15. The molecular weight excluding hydrogens is 496 g/mol. The minimum Gasteiger partial charge on any atom is -0.463 e. The largest absolute Gasteiger partial charge is 0.463 e. The first-order valence-corrected chi connectivity index (χ1v) is 16.7. The summed E-state index contributed by atoms with van der Waals surface area (Å²) in [6, 6.07) is 11.0. The van der Waals surface area contributed by atoms with Crippen molar-refractivity contribution >= 4 is 5.97 Å². The van der Waals surface area contributed by atoms with Crippen molar-refractivity contribution < 1.29 is 19.0 Å². The molecule has 6 fully saturated rings. The van der Waals surface area contributed by atoms with Gasteiger partial charge >= 0.3 is 5.97 Å². The molecule has 2 heterocycles. The zero-order valence-corrected chi connectivity index (χ0v) is 25.6. The summed E-state index contributed by atoms with van der Waals surface area (Å²) in [7, 11) is 0. The van der Waals surface area contributed by atoms with Gasteiger partial charge in [0.1, 0.15) is 6.10 Å². The van der Waals surface area contributed by atoms with Gasteiger partial charge in [-0.05, 0) is 116 Å². The molecule has 1 aromatic rings. The van der Waals surface area contributed by atoms with Gasteiger partial charge in [-0.1, -0.05) is 58.0 Å². The van der Waals surface area contributed by atoms with Crippen LogP contribution in [0.2, 0.25) is 0 Å². The Balaban J connectivity index is 1.12. The van der Waals surface area contributed by atoms with Crippen LogP contribution >= 0.6 is 0 Å². The highest BCUT2D eigenvalue weighted by Gasteiger charge is 2.70. The first-order valence-electron chi connectivity index (χ1n) is 16.7. The number of esters is 1. The third-order valence-electron chi connectivity index (χ3n) is 13.7. The van der Waals surface area contributed by atoms with Gasteiger partial charge in [-0.25, -0.2) is 0 Å². The minimum absolute atomic E-state index is 0.109. The number of hydrogen-bond donors (Lipinski definition) is 0. The highest BCUT2D eigenvalue weighted by Crippen LogP contribution is 2.71. The SMILES string of the molecule is CC(=O)O[C@H]1CC[C@@]2(C)[C@@H](CC[C@@H]3[C@@H]2CC[C@]2(C)[C@@H]4[C@H](C[C@@H]32)O[C@@]2(OC[C@@H](C)C[C@@H]2Cc2ccccc2)[C@H]4C)C1. The second kappa shape index (κ2) is 9.83. The zero-order valence-electron chi connectivity index (χ0n) is 25.6. The van der Waals surface area contributed by atoms with Crippen molar-refractivity contribution in [1.82, 2.24) is 0 Å². The van der Waals surface area contributed by atoms with E-state index in [9.17, 15) is 4.79 Å². The normalized spacial score (nSPS) is 51.4. The summed E-state index contributed by atoms with van der Waals surface area (Å²) in [5, 5.41) is 0. The van der Waals surface area contributed by atoms with Crippen LogP contribution in [0.15, 0.2) is 30.3 Å². The minimum atomic E-state index is -0.429. The molecule has 0 bridgehead atoms. The van der Waals surface area contributed by atoms with E-state index in [-0.39, 0.29) is 12.1 Å². The van der Waals surface area contributed by atoms with Crippen LogP contribution in [0.4, 0.5) is 0 Å². The number of rotatable bonds is 3. The number of fused-ring (bicyclic) bond motifs is 7. The fourth-order valence-corrected chi connectivity index (χ4v) is 12.1. The maximum atomic E-state index is 11.7. The number of benzene rings is 1. The molecule has 4 nitrogen and oxygen atoms in total. The molecule has 0 unspecified atom stereocenters. The Morgan fingerprint density at radius 2 is 1.73 bits per heavy atom. The first kappa shape index (κ1) is 27.4. The van der Waals surface area contributed by atoms with Crippen LogP contribution in [0.25, 0.3) is 0 Å². The summed E-state index contributed by atoms with van der Waals surface area (Å²) < 4.78 is 19.9. The van der Waals surface area contributed by atoms with Crippen LogP contribution in [0, 0.1) is 58.2 Å². The molecule has 6 aliphatic rings. The molecule has 4 heteroatoms. The van der Waals surface area contributed by atoms with Gasteiger partial charge in [-0.15, -0.1) is 0 Å². The molecule has 220 valence electrons. The van der Waals surface area contributed by atoms with Crippen LogP contribution in [-0.4, -0.2) is 30.6 Å². The van der Waals surface area contributed by atoms with Gasteiger partial charge in [-0.2, -0.15) is 0 Å². The molecule has 7 rings (SSSR count). The molecule has 13 atom stereocenters. The van der Waals surface area contributed by atoms with Crippen LogP contribution in [0.1, 0.15) is 98.0 Å². The third-order valence-corrected chi connectivity index (χ3v) is 13.7. The van der Waals surface area contributed by atoms with E-state index in [1.54, 1.807) is 6.92 Å². The fraction of sp³-hybridized carbons (Fsp3) is 0.806. The molecule has 0 aromatic heterocycles. The lowest BCUT2D eigenvalue weighted by Gasteiger charge is -2.61. The van der Waals surface area contributed by atoms with Crippen molar-refractivity contribution in [1.29, 1.82) is 0 Å². The Hall–Kier alpha value is -1.39. The molecule has 1 aromatic carbocycles. The highest BCUT2D eigenvalue weighted by atomic mass is 16.7. The Bertz CT molecular complexity index is 1100. The van der Waals surface area contributed by atoms with Gasteiger partial charge in [0.15, 0.2) is 5.79 Å². The molecule has 0 N–H and O–H groups in total. The number of hydrogen-bond acceptors (Lipinski definition) is 4. The van der Waals surface area contributed by atoms with Gasteiger partial charge in [-0.3, -0.25) is 4.79 Å². The van der Waals surface area contributed by atoms with Crippen molar-refractivity contribution in [2.24, 2.45) is 58.2 Å². The summed E-state index contributed by atoms with van der Waals surface area (Å²) in [4.78, 5) is 11.7. The van der Waals surface area contributed by atoms with Crippen LogP contribution in [-0.2, 0) is 25.4 Å². The van der Waals surface area contributed by atoms with Crippen molar-refractivity contribution in [3.05, 3.63) is 35.9 Å². The van der Waals surface area contributed by atoms with E-state index < -0.39 is 5.79 Å². The molecule has 2 aliphatic heterocycles. The number of carbonyl (C=O) groups excluding carboxylic acids is 1. The third kappa shape index (κ3) is 4.08. The van der Waals surface area contributed by atoms with E-state index >= 15 is 0 Å². The second-order valence-corrected chi connectivity index (χ2v) is 15.7. The monoisotopic (exact) mass is 548 g/mol. The average molecular weight is 549 g/mol. The number of carbonyl (C=O) groups is 1. The Morgan fingerprint density at radius 1 is 0.950 bits per heavy atom. The molecule has 2 saturated heterocycles. The molecule has 1 spiro atoms. The fourth-order valence-electron chi connectivity index (χ4n) is 12.1. The predicted octanol–water partition coefficient (Wildman–Crippen LogP) is 7.83. The lowest BCUT2D eigenvalue weighted by atomic mass is 9.44. The maximum absolute atomic E-state index is 11.7. The predicted molar refractivity (Wildman–Crippen MR) is 156 cm³/mol. The molecular formula is C36H52O4. The summed E-state index contributed by atoms with van der Waals surface area (Å²) in [6.07, 6.45) is 12.6. The quantitative estimate of drug-likeness (QED) is 0.361. The van der Waals surface area contributed by atoms with Gasteiger partial charge < -0.3 is 14.2 Å². The lowest BCUT2D eigenvalue weighted by Crippen LogP contribution is -2.56. The molecule has 4 aliphatic carbocycles. The van der Waals surface area contributed by atoms with Gasteiger partial charge in [0, 0.05) is 18.8 Å². The highest BCUT2D eigenvalue weighted by molar-refractivity contribution is 5.66. The van der Waals surface area contributed by atoms with Crippen LogP contribution < -0.4 is 0 Å². The van der Waals surface area contributed by atoms with E-state index in [0.717, 1.165) is 43.6 Å². The van der Waals surface area contributed by atoms with E-state index in [4.69, 9.17) is 14.2 Å². The summed E-state index contributed by atoms with van der Waals surface area (Å²) in [5.74, 6) is 4.57. The van der Waals surface area contributed by atoms with Crippen molar-refractivity contribution in [3.8, 4) is 0 Å². The van der Waals surface area contributed by atoms with Crippen molar-refractivity contribution in [3.63, 3.8) is 0 Å². The topological polar surface area (TPSA) is 44.8 Å². The standard InChI is InChI=1S/C36H52O4/c1-22-17-27(18-25-9-7-6-8-10-25)36(38-21-22)23(2)33-32(40-36)20-31-29-12-11-26-19-28(39-24(3)37)13-15-34(26,4)30(29)14-16-35(31,33)5/h6-10,22-23,26-33H,11-21H2,1-5H3/t22-,23-,26-,27+,28-,29+,30-,31-,32-,33-,34-,35-,36-/m0/s1. The Morgan fingerprint density at radius 3 is 2.50 bits per heavy atom. The second-order valence-electron chi connectivity index (χ2n) is 15.7. The van der Waals surface area contributed by atoms with Crippen molar-refractivity contribution in [2.75, 3.05) is 6.61 Å². The summed E-state index contributed by atoms with van der Waals surface area (Å²) in [6.45, 7) is 12.5. The van der Waals surface area contributed by atoms with E-state index in [1.165, 1.54) is 50.5 Å². The van der Waals surface area contributed by atoms with Crippen LogP contribution in [0.3, 0.4) is 0 Å². The van der Waals surface area contributed by atoms with Crippen LogP contribution in [0.5, 0.6) is 0 Å². The van der Waals surface area contributed by atoms with E-state index in [2.05, 4.69) is 58.0 Å².